The Kier molecular flexibility index (Phi) is 5.57. The second-order valence-corrected chi connectivity index (χ2v) is 6.54. The molecule has 0 spiro atoms. The molecule has 0 unspecified atom stereocenters. The SMILES string of the molecule is C=C(Cl)C=C1/C(=C\N)C=C(c2cc(N)c(F)cc2Br)C(=C)N1CC. The molecule has 0 radical (unpaired) electrons. The molecule has 24 heavy (non-hydrogen) atoms. The van der Waals surface area contributed by atoms with E-state index in [1.54, 1.807) is 12.1 Å². The quantitative estimate of drug-likeness (QED) is 0.698. The number of anilines is 1. The van der Waals surface area contributed by atoms with Gasteiger partial charge in [-0.3, -0.25) is 0 Å². The van der Waals surface area contributed by atoms with Crippen molar-refractivity contribution in [3.63, 3.8) is 0 Å². The van der Waals surface area contributed by atoms with Crippen LogP contribution >= 0.6 is 27.5 Å². The Bertz CT molecular complexity index is 809. The second kappa shape index (κ2) is 7.28. The summed E-state index contributed by atoms with van der Waals surface area (Å²) in [7, 11) is 0. The molecule has 4 N–H and O–H groups in total. The fourth-order valence-corrected chi connectivity index (χ4v) is 3.20. The number of nitrogen functional groups attached to an aromatic ring is 1. The van der Waals surface area contributed by atoms with Crippen molar-refractivity contribution in [3.05, 3.63) is 81.5 Å². The molecule has 3 nitrogen and oxygen atoms in total. The van der Waals surface area contributed by atoms with Gasteiger partial charge in [0, 0.05) is 44.7 Å². The highest BCUT2D eigenvalue weighted by atomic mass is 79.9. The fourth-order valence-electron chi connectivity index (χ4n) is 2.57. The predicted octanol–water partition coefficient (Wildman–Crippen LogP) is 4.88. The third kappa shape index (κ3) is 3.42. The zero-order valence-corrected chi connectivity index (χ0v) is 15.6. The summed E-state index contributed by atoms with van der Waals surface area (Å²) >= 11 is 9.33. The molecule has 0 amide bonds. The van der Waals surface area contributed by atoms with Gasteiger partial charge in [0.15, 0.2) is 0 Å². The summed E-state index contributed by atoms with van der Waals surface area (Å²) in [5.74, 6) is -0.478. The molecular weight excluding hydrogens is 393 g/mol. The Balaban J connectivity index is 2.68. The smallest absolute Gasteiger partial charge is 0.147 e. The van der Waals surface area contributed by atoms with Crippen LogP contribution in [0, 0.1) is 5.82 Å². The van der Waals surface area contributed by atoms with Crippen molar-refractivity contribution in [1.82, 2.24) is 4.90 Å². The molecular formula is C18H18BrClFN3. The Labute approximate surface area is 154 Å². The van der Waals surface area contributed by atoms with Gasteiger partial charge >= 0.3 is 0 Å². The first-order chi connectivity index (χ1) is 11.3. The lowest BCUT2D eigenvalue weighted by Crippen LogP contribution is -2.27. The van der Waals surface area contributed by atoms with E-state index in [1.807, 2.05) is 17.9 Å². The zero-order valence-electron chi connectivity index (χ0n) is 13.2. The largest absolute Gasteiger partial charge is 0.404 e. The summed E-state index contributed by atoms with van der Waals surface area (Å²) in [5, 5.41) is 0.389. The molecule has 0 bridgehead atoms. The Morgan fingerprint density at radius 2 is 2.12 bits per heavy atom. The summed E-state index contributed by atoms with van der Waals surface area (Å²) in [6, 6.07) is 2.92. The summed E-state index contributed by atoms with van der Waals surface area (Å²) in [4.78, 5) is 1.97. The van der Waals surface area contributed by atoms with Gasteiger partial charge in [0.25, 0.3) is 0 Å². The van der Waals surface area contributed by atoms with Crippen molar-refractivity contribution in [3.8, 4) is 0 Å². The minimum atomic E-state index is -0.478. The van der Waals surface area contributed by atoms with Crippen molar-refractivity contribution < 1.29 is 4.39 Å². The van der Waals surface area contributed by atoms with Crippen LogP contribution in [0.3, 0.4) is 0 Å². The van der Waals surface area contributed by atoms with E-state index >= 15 is 0 Å². The van der Waals surface area contributed by atoms with Gasteiger partial charge in [0.1, 0.15) is 5.82 Å². The number of benzene rings is 1. The van der Waals surface area contributed by atoms with Crippen LogP contribution in [0.5, 0.6) is 0 Å². The van der Waals surface area contributed by atoms with Crippen LogP contribution in [-0.2, 0) is 0 Å². The van der Waals surface area contributed by atoms with E-state index in [2.05, 4.69) is 29.1 Å². The third-order valence-electron chi connectivity index (χ3n) is 3.69. The second-order valence-electron chi connectivity index (χ2n) is 5.20. The molecule has 0 saturated heterocycles. The number of halogens is 3. The van der Waals surface area contributed by atoms with Gasteiger partial charge in [0.2, 0.25) is 0 Å². The Morgan fingerprint density at radius 3 is 2.67 bits per heavy atom. The van der Waals surface area contributed by atoms with Gasteiger partial charge in [-0.05, 0) is 31.2 Å². The van der Waals surface area contributed by atoms with Gasteiger partial charge in [0.05, 0.1) is 11.4 Å². The van der Waals surface area contributed by atoms with Gasteiger partial charge in [-0.1, -0.05) is 40.7 Å². The first-order valence-electron chi connectivity index (χ1n) is 7.21. The molecule has 126 valence electrons. The lowest BCUT2D eigenvalue weighted by atomic mass is 9.93. The highest BCUT2D eigenvalue weighted by molar-refractivity contribution is 9.10. The van der Waals surface area contributed by atoms with E-state index in [-0.39, 0.29) is 5.69 Å². The summed E-state index contributed by atoms with van der Waals surface area (Å²) in [6.45, 7) is 10.5. The standard InChI is InChI=1S/C18H18BrClFN3/c1-4-24-11(3)13(6-12(9-22)18(24)5-10(2)20)14-7-17(23)16(21)8-15(14)19/h5-9H,2-4,22-23H2,1H3/b12-9-,18-5?. The minimum absolute atomic E-state index is 0.0682. The molecule has 1 heterocycles. The van der Waals surface area contributed by atoms with Crippen molar-refractivity contribution in [1.29, 1.82) is 0 Å². The topological polar surface area (TPSA) is 55.3 Å². The lowest BCUT2D eigenvalue weighted by Gasteiger charge is -2.34. The maximum Gasteiger partial charge on any atom is 0.147 e. The van der Waals surface area contributed by atoms with Crippen LogP contribution in [0.4, 0.5) is 10.1 Å². The number of hydrogen-bond acceptors (Lipinski definition) is 3. The molecule has 0 saturated carbocycles. The maximum absolute atomic E-state index is 13.6. The Hall–Kier alpha value is -1.98. The van der Waals surface area contributed by atoms with E-state index in [0.717, 1.165) is 28.1 Å². The van der Waals surface area contributed by atoms with Crippen molar-refractivity contribution in [2.75, 3.05) is 12.3 Å². The molecule has 2 rings (SSSR count). The fraction of sp³-hybridized carbons (Fsp3) is 0.111. The van der Waals surface area contributed by atoms with Crippen molar-refractivity contribution >= 4 is 38.8 Å². The highest BCUT2D eigenvalue weighted by Gasteiger charge is 2.25. The zero-order chi connectivity index (χ0) is 18.0. The number of rotatable bonds is 3. The van der Waals surface area contributed by atoms with E-state index in [4.69, 9.17) is 23.1 Å². The molecule has 1 aliphatic heterocycles. The average molecular weight is 411 g/mol. The van der Waals surface area contributed by atoms with Crippen LogP contribution in [0.1, 0.15) is 12.5 Å². The van der Waals surface area contributed by atoms with Gasteiger partial charge in [-0.25, -0.2) is 4.39 Å². The molecule has 1 aromatic carbocycles. The normalized spacial score (nSPS) is 18.2. The number of hydrogen-bond donors (Lipinski definition) is 2. The van der Waals surface area contributed by atoms with Crippen LogP contribution in [-0.4, -0.2) is 11.4 Å². The van der Waals surface area contributed by atoms with Crippen molar-refractivity contribution in [2.24, 2.45) is 5.73 Å². The summed E-state index contributed by atoms with van der Waals surface area (Å²) < 4.78 is 14.2. The van der Waals surface area contributed by atoms with Crippen LogP contribution in [0.25, 0.3) is 5.57 Å². The van der Waals surface area contributed by atoms with Gasteiger partial charge < -0.3 is 16.4 Å². The first-order valence-corrected chi connectivity index (χ1v) is 8.39. The molecule has 0 aliphatic carbocycles. The molecule has 0 fully saturated rings. The highest BCUT2D eigenvalue weighted by Crippen LogP contribution is 2.40. The summed E-state index contributed by atoms with van der Waals surface area (Å²) in [5.41, 5.74) is 15.4. The molecule has 0 atom stereocenters. The number of nitrogens with zero attached hydrogens (tertiary/aromatic N) is 1. The first kappa shape index (κ1) is 18.4. The Morgan fingerprint density at radius 1 is 1.46 bits per heavy atom. The third-order valence-corrected chi connectivity index (χ3v) is 4.45. The van der Waals surface area contributed by atoms with Crippen LogP contribution in [0.2, 0.25) is 0 Å². The minimum Gasteiger partial charge on any atom is -0.404 e. The van der Waals surface area contributed by atoms with Crippen LogP contribution in [0.15, 0.2) is 70.1 Å². The molecule has 1 aliphatic rings. The molecule has 1 aromatic rings. The van der Waals surface area contributed by atoms with Crippen LogP contribution < -0.4 is 11.5 Å². The lowest BCUT2D eigenvalue weighted by molar-refractivity contribution is 0.474. The number of nitrogens with two attached hydrogens (primary N) is 2. The monoisotopic (exact) mass is 409 g/mol. The number of allylic oxidation sites excluding steroid dienone is 4. The number of likely N-dealkylation sites (N-methyl/N-ethyl adjacent to an activating group) is 1. The van der Waals surface area contributed by atoms with Gasteiger partial charge in [-0.15, -0.1) is 0 Å². The van der Waals surface area contributed by atoms with Crippen molar-refractivity contribution in [2.45, 2.75) is 6.92 Å². The average Bonchev–Trinajstić information content (AvgIpc) is 2.51. The predicted molar refractivity (Wildman–Crippen MR) is 103 cm³/mol. The maximum atomic E-state index is 13.6. The molecule has 0 aromatic heterocycles. The van der Waals surface area contributed by atoms with E-state index in [0.29, 0.717) is 16.0 Å². The van der Waals surface area contributed by atoms with E-state index in [1.165, 1.54) is 12.3 Å². The summed E-state index contributed by atoms with van der Waals surface area (Å²) in [6.07, 6.45) is 5.09. The van der Waals surface area contributed by atoms with Gasteiger partial charge in [-0.2, -0.15) is 0 Å². The molecule has 6 heteroatoms. The van der Waals surface area contributed by atoms with E-state index < -0.39 is 5.82 Å². The van der Waals surface area contributed by atoms with E-state index in [9.17, 15) is 4.39 Å².